The van der Waals surface area contributed by atoms with Gasteiger partial charge in [0, 0.05) is 11.1 Å². The maximum Gasteiger partial charge on any atom is 0.137 e. The van der Waals surface area contributed by atoms with Gasteiger partial charge in [0.25, 0.3) is 0 Å². The van der Waals surface area contributed by atoms with Crippen molar-refractivity contribution < 1.29 is 5.11 Å². The molecule has 1 aromatic carbocycles. The number of rotatable bonds is 1. The Bertz CT molecular complexity index is 467. The first-order chi connectivity index (χ1) is 6.70. The molecule has 5 heteroatoms. The molecule has 0 radical (unpaired) electrons. The summed E-state index contributed by atoms with van der Waals surface area (Å²) < 4.78 is 0.635. The van der Waals surface area contributed by atoms with Crippen LogP contribution in [0.1, 0.15) is 0 Å². The SMILES string of the molecule is Nc1[nH]ncc1-c1cccc(Br)c1O. The molecule has 0 saturated carbocycles. The third kappa shape index (κ3) is 1.35. The van der Waals surface area contributed by atoms with Gasteiger partial charge in [-0.05, 0) is 22.0 Å². The van der Waals surface area contributed by atoms with Crippen molar-refractivity contribution in [2.45, 2.75) is 0 Å². The number of halogens is 1. The van der Waals surface area contributed by atoms with Crippen molar-refractivity contribution in [3.8, 4) is 16.9 Å². The lowest BCUT2D eigenvalue weighted by atomic mass is 10.1. The van der Waals surface area contributed by atoms with E-state index in [1.165, 1.54) is 0 Å². The summed E-state index contributed by atoms with van der Waals surface area (Å²) in [6.45, 7) is 0. The number of nitrogens with zero attached hydrogens (tertiary/aromatic N) is 1. The molecule has 0 aliphatic heterocycles. The highest BCUT2D eigenvalue weighted by Crippen LogP contribution is 2.36. The number of phenolic OH excluding ortho intramolecular Hbond substituents is 1. The molecule has 0 amide bonds. The average Bonchev–Trinajstić information content (AvgIpc) is 2.57. The van der Waals surface area contributed by atoms with Crippen molar-refractivity contribution in [1.82, 2.24) is 10.2 Å². The first-order valence-corrected chi connectivity index (χ1v) is 4.76. The van der Waals surface area contributed by atoms with Crippen LogP contribution in [0.15, 0.2) is 28.9 Å². The van der Waals surface area contributed by atoms with E-state index in [-0.39, 0.29) is 5.75 Å². The van der Waals surface area contributed by atoms with Crippen LogP contribution in [0.25, 0.3) is 11.1 Å². The molecular weight excluding hydrogens is 246 g/mol. The van der Waals surface area contributed by atoms with Crippen molar-refractivity contribution in [3.63, 3.8) is 0 Å². The number of nitrogens with one attached hydrogen (secondary N) is 1. The number of phenols is 1. The molecule has 0 unspecified atom stereocenters. The van der Waals surface area contributed by atoms with Gasteiger partial charge in [0.2, 0.25) is 0 Å². The van der Waals surface area contributed by atoms with E-state index in [1.54, 1.807) is 18.3 Å². The molecule has 4 N–H and O–H groups in total. The topological polar surface area (TPSA) is 74.9 Å². The molecule has 0 saturated heterocycles. The van der Waals surface area contributed by atoms with E-state index < -0.39 is 0 Å². The van der Waals surface area contributed by atoms with Crippen molar-refractivity contribution in [2.24, 2.45) is 0 Å². The maximum atomic E-state index is 9.75. The highest BCUT2D eigenvalue weighted by atomic mass is 79.9. The van der Waals surface area contributed by atoms with E-state index in [9.17, 15) is 5.11 Å². The number of benzene rings is 1. The van der Waals surface area contributed by atoms with Gasteiger partial charge < -0.3 is 10.8 Å². The Morgan fingerprint density at radius 3 is 2.79 bits per heavy atom. The molecule has 0 spiro atoms. The van der Waals surface area contributed by atoms with Crippen molar-refractivity contribution >= 4 is 21.7 Å². The predicted octanol–water partition coefficient (Wildman–Crippen LogP) is 2.13. The second kappa shape index (κ2) is 3.34. The molecule has 2 aromatic rings. The fraction of sp³-hybridized carbons (Fsp3) is 0. The molecule has 1 aromatic heterocycles. The van der Waals surface area contributed by atoms with Crippen LogP contribution >= 0.6 is 15.9 Å². The van der Waals surface area contributed by atoms with Gasteiger partial charge >= 0.3 is 0 Å². The van der Waals surface area contributed by atoms with Crippen molar-refractivity contribution in [3.05, 3.63) is 28.9 Å². The number of aromatic amines is 1. The monoisotopic (exact) mass is 253 g/mol. The third-order valence-electron chi connectivity index (χ3n) is 1.95. The molecule has 4 nitrogen and oxygen atoms in total. The standard InChI is InChI=1S/C9H8BrN3O/c10-7-3-1-2-5(8(7)14)6-4-12-13-9(6)11/h1-4,14H,(H3,11,12,13). The van der Waals surface area contributed by atoms with Gasteiger partial charge in [0.15, 0.2) is 0 Å². The Morgan fingerprint density at radius 2 is 2.14 bits per heavy atom. The third-order valence-corrected chi connectivity index (χ3v) is 2.59. The number of hydrogen-bond acceptors (Lipinski definition) is 3. The summed E-state index contributed by atoms with van der Waals surface area (Å²) in [7, 11) is 0. The summed E-state index contributed by atoms with van der Waals surface area (Å²) >= 11 is 3.23. The maximum absolute atomic E-state index is 9.75. The van der Waals surface area contributed by atoms with Crippen LogP contribution in [0.3, 0.4) is 0 Å². The van der Waals surface area contributed by atoms with Crippen LogP contribution in [-0.4, -0.2) is 15.3 Å². The number of nitrogens with two attached hydrogens (primary N) is 1. The highest BCUT2D eigenvalue weighted by Gasteiger charge is 2.10. The minimum absolute atomic E-state index is 0.167. The van der Waals surface area contributed by atoms with Crippen LogP contribution in [0.2, 0.25) is 0 Å². The van der Waals surface area contributed by atoms with Gasteiger partial charge in [-0.25, -0.2) is 0 Å². The minimum Gasteiger partial charge on any atom is -0.506 e. The Hall–Kier alpha value is -1.49. The summed E-state index contributed by atoms with van der Waals surface area (Å²) in [5.74, 6) is 0.610. The first-order valence-electron chi connectivity index (χ1n) is 3.97. The molecule has 0 bridgehead atoms. The van der Waals surface area contributed by atoms with E-state index in [1.807, 2.05) is 6.07 Å². The summed E-state index contributed by atoms with van der Waals surface area (Å²) in [6.07, 6.45) is 1.58. The van der Waals surface area contributed by atoms with E-state index >= 15 is 0 Å². The van der Waals surface area contributed by atoms with Crippen LogP contribution in [0.5, 0.6) is 5.75 Å². The molecular formula is C9H8BrN3O. The lowest BCUT2D eigenvalue weighted by Crippen LogP contribution is -1.88. The number of aromatic nitrogens is 2. The van der Waals surface area contributed by atoms with Gasteiger partial charge in [0.05, 0.1) is 10.7 Å². The second-order valence-electron chi connectivity index (χ2n) is 2.83. The Balaban J connectivity index is 2.63. The molecule has 0 aliphatic rings. The van der Waals surface area contributed by atoms with E-state index in [4.69, 9.17) is 5.73 Å². The zero-order valence-electron chi connectivity index (χ0n) is 7.16. The lowest BCUT2D eigenvalue weighted by molar-refractivity contribution is 0.474. The Kier molecular flexibility index (Phi) is 2.17. The van der Waals surface area contributed by atoms with Gasteiger partial charge in [0.1, 0.15) is 11.6 Å². The predicted molar refractivity (Wildman–Crippen MR) is 57.8 cm³/mol. The van der Waals surface area contributed by atoms with Crippen LogP contribution < -0.4 is 5.73 Å². The number of hydrogen-bond donors (Lipinski definition) is 3. The van der Waals surface area contributed by atoms with Crippen LogP contribution in [0, 0.1) is 0 Å². The quantitative estimate of drug-likeness (QED) is 0.729. The highest BCUT2D eigenvalue weighted by molar-refractivity contribution is 9.10. The first kappa shape index (κ1) is 9.08. The van der Waals surface area contributed by atoms with Gasteiger partial charge in [-0.3, -0.25) is 5.10 Å². The van der Waals surface area contributed by atoms with E-state index in [2.05, 4.69) is 26.1 Å². The normalized spacial score (nSPS) is 10.4. The fourth-order valence-electron chi connectivity index (χ4n) is 1.24. The minimum atomic E-state index is 0.167. The van der Waals surface area contributed by atoms with Gasteiger partial charge in [-0.1, -0.05) is 12.1 Å². The summed E-state index contributed by atoms with van der Waals surface area (Å²) in [4.78, 5) is 0. The summed E-state index contributed by atoms with van der Waals surface area (Å²) in [5, 5.41) is 16.2. The molecule has 0 fully saturated rings. The molecule has 0 atom stereocenters. The molecule has 2 rings (SSSR count). The van der Waals surface area contributed by atoms with Gasteiger partial charge in [-0.2, -0.15) is 5.10 Å². The van der Waals surface area contributed by atoms with Crippen LogP contribution in [0.4, 0.5) is 5.82 Å². The molecule has 72 valence electrons. The average molecular weight is 254 g/mol. The summed E-state index contributed by atoms with van der Waals surface area (Å²) in [6, 6.07) is 5.36. The zero-order chi connectivity index (χ0) is 10.1. The fourth-order valence-corrected chi connectivity index (χ4v) is 1.61. The zero-order valence-corrected chi connectivity index (χ0v) is 8.75. The number of anilines is 1. The number of nitrogen functional groups attached to an aromatic ring is 1. The lowest BCUT2D eigenvalue weighted by Gasteiger charge is -2.04. The molecule has 1 heterocycles. The molecule has 0 aliphatic carbocycles. The van der Waals surface area contributed by atoms with E-state index in [0.717, 1.165) is 0 Å². The van der Waals surface area contributed by atoms with Gasteiger partial charge in [-0.15, -0.1) is 0 Å². The number of para-hydroxylation sites is 1. The van der Waals surface area contributed by atoms with Crippen molar-refractivity contribution in [2.75, 3.05) is 5.73 Å². The Morgan fingerprint density at radius 1 is 1.36 bits per heavy atom. The van der Waals surface area contributed by atoms with Crippen LogP contribution in [-0.2, 0) is 0 Å². The number of aromatic hydroxyl groups is 1. The second-order valence-corrected chi connectivity index (χ2v) is 3.69. The largest absolute Gasteiger partial charge is 0.506 e. The van der Waals surface area contributed by atoms with E-state index in [0.29, 0.717) is 21.4 Å². The smallest absolute Gasteiger partial charge is 0.137 e. The molecule has 14 heavy (non-hydrogen) atoms. The Labute approximate surface area is 88.9 Å². The van der Waals surface area contributed by atoms with Crippen molar-refractivity contribution in [1.29, 1.82) is 0 Å². The number of H-pyrrole nitrogens is 1. The summed E-state index contributed by atoms with van der Waals surface area (Å²) in [5.41, 5.74) is 7.00.